The van der Waals surface area contributed by atoms with Crippen molar-refractivity contribution in [3.8, 4) is 0 Å². The Labute approximate surface area is 144 Å². The van der Waals surface area contributed by atoms with Crippen molar-refractivity contribution in [2.75, 3.05) is 36.5 Å². The number of rotatable bonds is 3. The van der Waals surface area contributed by atoms with Crippen LogP contribution in [0.3, 0.4) is 0 Å². The molecule has 1 aliphatic rings. The average molecular weight is 338 g/mol. The highest BCUT2D eigenvalue weighted by molar-refractivity contribution is 6.08. The molecule has 3 aromatic rings. The molecule has 7 nitrogen and oxygen atoms in total. The van der Waals surface area contributed by atoms with Gasteiger partial charge in [-0.15, -0.1) is 0 Å². The SMILES string of the molecule is Cc1nc2cc(NC(=O)c3cccnc3N3CCOCC3)ccc2o1. The number of carbonyl (C=O) groups is 1. The molecule has 0 aliphatic carbocycles. The van der Waals surface area contributed by atoms with Gasteiger partial charge in [0.15, 0.2) is 11.5 Å². The molecule has 3 heterocycles. The topological polar surface area (TPSA) is 80.5 Å². The molecule has 1 saturated heterocycles. The number of morpholine rings is 1. The van der Waals surface area contributed by atoms with Crippen LogP contribution in [0.5, 0.6) is 0 Å². The van der Waals surface area contributed by atoms with Gasteiger partial charge in [0.05, 0.1) is 18.8 Å². The van der Waals surface area contributed by atoms with E-state index >= 15 is 0 Å². The van der Waals surface area contributed by atoms with Gasteiger partial charge in [-0.3, -0.25) is 4.79 Å². The first-order valence-electron chi connectivity index (χ1n) is 8.17. The number of aryl methyl sites for hydroxylation is 1. The minimum absolute atomic E-state index is 0.200. The zero-order valence-corrected chi connectivity index (χ0v) is 13.9. The normalized spacial score (nSPS) is 14.7. The summed E-state index contributed by atoms with van der Waals surface area (Å²) in [4.78, 5) is 23.5. The van der Waals surface area contributed by atoms with Gasteiger partial charge < -0.3 is 19.4 Å². The summed E-state index contributed by atoms with van der Waals surface area (Å²) in [5, 5.41) is 2.92. The molecule has 25 heavy (non-hydrogen) atoms. The van der Waals surface area contributed by atoms with Gasteiger partial charge >= 0.3 is 0 Å². The Bertz CT molecular complexity index is 916. The van der Waals surface area contributed by atoms with Crippen LogP contribution in [0.1, 0.15) is 16.2 Å². The second kappa shape index (κ2) is 6.52. The van der Waals surface area contributed by atoms with Crippen molar-refractivity contribution in [3.63, 3.8) is 0 Å². The monoisotopic (exact) mass is 338 g/mol. The van der Waals surface area contributed by atoms with Gasteiger partial charge in [0.2, 0.25) is 0 Å². The number of carbonyl (C=O) groups excluding carboxylic acids is 1. The van der Waals surface area contributed by atoms with E-state index in [1.165, 1.54) is 0 Å². The number of fused-ring (bicyclic) bond motifs is 1. The number of nitrogens with zero attached hydrogens (tertiary/aromatic N) is 3. The summed E-state index contributed by atoms with van der Waals surface area (Å²) in [6, 6.07) is 8.95. The van der Waals surface area contributed by atoms with Gasteiger partial charge in [-0.05, 0) is 30.3 Å². The summed E-state index contributed by atoms with van der Waals surface area (Å²) >= 11 is 0. The Balaban J connectivity index is 1.59. The summed E-state index contributed by atoms with van der Waals surface area (Å²) in [5.74, 6) is 1.08. The van der Waals surface area contributed by atoms with Gasteiger partial charge in [-0.1, -0.05) is 0 Å². The second-order valence-electron chi connectivity index (χ2n) is 5.84. The third-order valence-electron chi connectivity index (χ3n) is 4.09. The minimum Gasteiger partial charge on any atom is -0.441 e. The molecular weight excluding hydrogens is 320 g/mol. The number of nitrogens with one attached hydrogen (secondary N) is 1. The third kappa shape index (κ3) is 3.18. The fraction of sp³-hybridized carbons (Fsp3) is 0.278. The van der Waals surface area contributed by atoms with Crippen molar-refractivity contribution in [2.24, 2.45) is 0 Å². The minimum atomic E-state index is -0.200. The van der Waals surface area contributed by atoms with Crippen LogP contribution in [-0.2, 0) is 4.74 Å². The predicted octanol–water partition coefficient (Wildman–Crippen LogP) is 2.62. The molecule has 0 unspecified atom stereocenters. The molecule has 4 rings (SSSR count). The summed E-state index contributed by atoms with van der Waals surface area (Å²) in [7, 11) is 0. The van der Waals surface area contributed by atoms with E-state index in [9.17, 15) is 4.79 Å². The molecule has 1 N–H and O–H groups in total. The number of oxazole rings is 1. The Kier molecular flexibility index (Phi) is 4.07. The zero-order valence-electron chi connectivity index (χ0n) is 13.9. The average Bonchev–Trinajstić information content (AvgIpc) is 3.02. The van der Waals surface area contributed by atoms with Crippen LogP contribution in [0.4, 0.5) is 11.5 Å². The number of amides is 1. The number of pyridine rings is 1. The summed E-state index contributed by atoms with van der Waals surface area (Å²) in [6.07, 6.45) is 1.70. The van der Waals surface area contributed by atoms with Crippen LogP contribution in [0, 0.1) is 6.92 Å². The van der Waals surface area contributed by atoms with E-state index in [-0.39, 0.29) is 5.91 Å². The molecule has 0 bridgehead atoms. The van der Waals surface area contributed by atoms with Crippen molar-refractivity contribution >= 4 is 28.5 Å². The van der Waals surface area contributed by atoms with E-state index in [0.29, 0.717) is 41.8 Å². The molecular formula is C18H18N4O3. The van der Waals surface area contributed by atoms with Gasteiger partial charge in [-0.25, -0.2) is 9.97 Å². The van der Waals surface area contributed by atoms with Crippen LogP contribution in [0.25, 0.3) is 11.1 Å². The smallest absolute Gasteiger partial charge is 0.259 e. The van der Waals surface area contributed by atoms with Crippen molar-refractivity contribution in [1.29, 1.82) is 0 Å². The number of hydrogen-bond donors (Lipinski definition) is 1. The first-order chi connectivity index (χ1) is 12.2. The Morgan fingerprint density at radius 2 is 2.08 bits per heavy atom. The van der Waals surface area contributed by atoms with Gasteiger partial charge in [0.25, 0.3) is 5.91 Å². The lowest BCUT2D eigenvalue weighted by Crippen LogP contribution is -2.38. The zero-order chi connectivity index (χ0) is 17.2. The second-order valence-corrected chi connectivity index (χ2v) is 5.84. The van der Waals surface area contributed by atoms with E-state index in [0.717, 1.165) is 18.6 Å². The molecule has 0 saturated carbocycles. The van der Waals surface area contributed by atoms with Gasteiger partial charge in [0, 0.05) is 31.9 Å². The third-order valence-corrected chi connectivity index (χ3v) is 4.09. The summed E-state index contributed by atoms with van der Waals surface area (Å²) < 4.78 is 10.8. The van der Waals surface area contributed by atoms with E-state index in [1.807, 2.05) is 0 Å². The van der Waals surface area contributed by atoms with Crippen LogP contribution < -0.4 is 10.2 Å². The Morgan fingerprint density at radius 3 is 2.92 bits per heavy atom. The van der Waals surface area contributed by atoms with E-state index in [2.05, 4.69) is 20.2 Å². The molecule has 0 spiro atoms. The number of anilines is 2. The number of hydrogen-bond acceptors (Lipinski definition) is 6. The maximum atomic E-state index is 12.8. The quantitative estimate of drug-likeness (QED) is 0.791. The Morgan fingerprint density at radius 1 is 1.24 bits per heavy atom. The Hall–Kier alpha value is -2.93. The first kappa shape index (κ1) is 15.6. The lowest BCUT2D eigenvalue weighted by atomic mass is 10.2. The molecule has 1 amide bonds. The fourth-order valence-electron chi connectivity index (χ4n) is 2.92. The maximum Gasteiger partial charge on any atom is 0.259 e. The first-order valence-corrected chi connectivity index (χ1v) is 8.17. The molecule has 0 radical (unpaired) electrons. The molecule has 1 aromatic carbocycles. The summed E-state index contributed by atoms with van der Waals surface area (Å²) in [5.41, 5.74) is 2.63. The van der Waals surface area contributed by atoms with Crippen molar-refractivity contribution in [1.82, 2.24) is 9.97 Å². The predicted molar refractivity (Wildman–Crippen MR) is 94.0 cm³/mol. The van der Waals surface area contributed by atoms with Crippen LogP contribution >= 0.6 is 0 Å². The highest BCUT2D eigenvalue weighted by atomic mass is 16.5. The largest absolute Gasteiger partial charge is 0.441 e. The molecule has 1 fully saturated rings. The molecule has 7 heteroatoms. The standard InChI is InChI=1S/C18H18N4O3/c1-12-20-15-11-13(4-5-16(15)25-12)21-18(23)14-3-2-6-19-17(14)22-7-9-24-10-8-22/h2-6,11H,7-10H2,1H3,(H,21,23). The molecule has 2 aromatic heterocycles. The van der Waals surface area contributed by atoms with Crippen LogP contribution in [0.15, 0.2) is 40.9 Å². The van der Waals surface area contributed by atoms with E-state index in [4.69, 9.17) is 9.15 Å². The van der Waals surface area contributed by atoms with Crippen molar-refractivity contribution in [3.05, 3.63) is 48.0 Å². The van der Waals surface area contributed by atoms with Crippen molar-refractivity contribution < 1.29 is 13.9 Å². The molecule has 1 aliphatic heterocycles. The lowest BCUT2D eigenvalue weighted by Gasteiger charge is -2.29. The highest BCUT2D eigenvalue weighted by Crippen LogP contribution is 2.23. The summed E-state index contributed by atoms with van der Waals surface area (Å²) in [6.45, 7) is 4.52. The maximum absolute atomic E-state index is 12.8. The highest BCUT2D eigenvalue weighted by Gasteiger charge is 2.20. The lowest BCUT2D eigenvalue weighted by molar-refractivity contribution is 0.102. The van der Waals surface area contributed by atoms with E-state index < -0.39 is 0 Å². The van der Waals surface area contributed by atoms with Crippen LogP contribution in [-0.4, -0.2) is 42.2 Å². The van der Waals surface area contributed by atoms with Crippen LogP contribution in [0.2, 0.25) is 0 Å². The molecule has 0 atom stereocenters. The number of benzene rings is 1. The fourth-order valence-corrected chi connectivity index (χ4v) is 2.92. The van der Waals surface area contributed by atoms with Gasteiger partial charge in [-0.2, -0.15) is 0 Å². The molecule has 128 valence electrons. The van der Waals surface area contributed by atoms with E-state index in [1.54, 1.807) is 43.5 Å². The van der Waals surface area contributed by atoms with Crippen molar-refractivity contribution in [2.45, 2.75) is 6.92 Å². The number of ether oxygens (including phenoxy) is 1. The number of aromatic nitrogens is 2. The van der Waals surface area contributed by atoms with Gasteiger partial charge in [0.1, 0.15) is 11.3 Å².